The van der Waals surface area contributed by atoms with Gasteiger partial charge in [-0.1, -0.05) is 30.3 Å². The number of furan rings is 1. The first kappa shape index (κ1) is 18.5. The van der Waals surface area contributed by atoms with Crippen molar-refractivity contribution < 1.29 is 14.1 Å². The van der Waals surface area contributed by atoms with Crippen LogP contribution in [0.2, 0.25) is 0 Å². The van der Waals surface area contributed by atoms with Crippen LogP contribution < -0.4 is 5.32 Å². The van der Waals surface area contributed by atoms with Gasteiger partial charge >= 0.3 is 0 Å². The molecule has 0 saturated carbocycles. The van der Waals surface area contributed by atoms with Crippen LogP contribution in [0.15, 0.2) is 77.5 Å². The first-order valence-electron chi connectivity index (χ1n) is 9.21. The van der Waals surface area contributed by atoms with E-state index in [1.165, 1.54) is 12.1 Å². The normalized spacial score (nSPS) is 12.0. The molecule has 2 heterocycles. The number of carbonyl (C=O) groups is 1. The average molecular weight is 389 g/mol. The smallest absolute Gasteiger partial charge is 0.269 e. The molecule has 0 saturated heterocycles. The summed E-state index contributed by atoms with van der Waals surface area (Å²) in [5.41, 5.74) is 2.60. The molecule has 0 unspecified atom stereocenters. The number of non-ortho nitro benzene ring substituents is 1. The van der Waals surface area contributed by atoms with E-state index in [-0.39, 0.29) is 23.9 Å². The minimum atomic E-state index is -0.424. The van der Waals surface area contributed by atoms with Crippen molar-refractivity contribution in [1.82, 2.24) is 10.3 Å². The highest BCUT2D eigenvalue weighted by atomic mass is 16.6. The molecule has 2 N–H and O–H groups in total. The molecular formula is C22H19N3O4. The van der Waals surface area contributed by atoms with Crippen LogP contribution in [0, 0.1) is 10.1 Å². The zero-order valence-electron chi connectivity index (χ0n) is 15.5. The zero-order chi connectivity index (χ0) is 20.2. The Kier molecular flexibility index (Phi) is 5.11. The summed E-state index contributed by atoms with van der Waals surface area (Å²) in [6.45, 7) is 0.293. The summed E-state index contributed by atoms with van der Waals surface area (Å²) < 4.78 is 5.25. The lowest BCUT2D eigenvalue weighted by molar-refractivity contribution is -0.384. The number of carbonyl (C=O) groups excluding carboxylic acids is 1. The highest BCUT2D eigenvalue weighted by Gasteiger charge is 2.23. The lowest BCUT2D eigenvalue weighted by atomic mass is 9.87. The van der Waals surface area contributed by atoms with Gasteiger partial charge in [0.05, 0.1) is 17.7 Å². The Hall–Kier alpha value is -3.87. The van der Waals surface area contributed by atoms with Crippen molar-refractivity contribution in [3.8, 4) is 0 Å². The molecule has 146 valence electrons. The lowest BCUT2D eigenvalue weighted by Gasteiger charge is -2.17. The molecule has 7 heteroatoms. The second kappa shape index (κ2) is 8.02. The lowest BCUT2D eigenvalue weighted by Crippen LogP contribution is -2.24. The van der Waals surface area contributed by atoms with E-state index in [2.05, 4.69) is 10.3 Å². The maximum absolute atomic E-state index is 12.7. The van der Waals surface area contributed by atoms with Crippen molar-refractivity contribution in [3.05, 3.63) is 100 Å². The number of aromatic nitrogens is 1. The summed E-state index contributed by atoms with van der Waals surface area (Å²) in [6, 6.07) is 17.8. The predicted molar refractivity (Wildman–Crippen MR) is 108 cm³/mol. The Morgan fingerprint density at radius 1 is 1.14 bits per heavy atom. The van der Waals surface area contributed by atoms with Gasteiger partial charge in [0, 0.05) is 41.6 Å². The number of nitrogens with zero attached hydrogens (tertiary/aromatic N) is 1. The van der Waals surface area contributed by atoms with Crippen LogP contribution in [0.25, 0.3) is 10.9 Å². The van der Waals surface area contributed by atoms with Crippen molar-refractivity contribution >= 4 is 22.5 Å². The van der Waals surface area contributed by atoms with E-state index < -0.39 is 4.92 Å². The Bertz CT molecular complexity index is 1150. The van der Waals surface area contributed by atoms with E-state index in [0.717, 1.165) is 22.0 Å². The number of hydrogen-bond acceptors (Lipinski definition) is 4. The van der Waals surface area contributed by atoms with Crippen molar-refractivity contribution in [2.45, 2.75) is 18.9 Å². The van der Waals surface area contributed by atoms with Gasteiger partial charge in [0.1, 0.15) is 5.76 Å². The first-order valence-corrected chi connectivity index (χ1v) is 9.21. The predicted octanol–water partition coefficient (Wildman–Crippen LogP) is 4.51. The number of para-hydroxylation sites is 1. The maximum Gasteiger partial charge on any atom is 0.269 e. The molecule has 0 aliphatic heterocycles. The molecule has 0 bridgehead atoms. The largest absolute Gasteiger partial charge is 0.467 e. The van der Waals surface area contributed by atoms with Gasteiger partial charge in [0.25, 0.3) is 5.69 Å². The number of aromatic amines is 1. The van der Waals surface area contributed by atoms with Gasteiger partial charge in [-0.2, -0.15) is 0 Å². The van der Waals surface area contributed by atoms with E-state index in [1.807, 2.05) is 36.5 Å². The number of fused-ring (bicyclic) bond motifs is 1. The van der Waals surface area contributed by atoms with Gasteiger partial charge in [-0.25, -0.2) is 0 Å². The molecule has 2 aromatic heterocycles. The number of benzene rings is 2. The summed E-state index contributed by atoms with van der Waals surface area (Å²) in [7, 11) is 0. The molecule has 0 spiro atoms. The number of hydrogen-bond donors (Lipinski definition) is 2. The molecule has 7 nitrogen and oxygen atoms in total. The van der Waals surface area contributed by atoms with Gasteiger partial charge in [0.15, 0.2) is 0 Å². The van der Waals surface area contributed by atoms with Crippen molar-refractivity contribution in [2.24, 2.45) is 0 Å². The van der Waals surface area contributed by atoms with Crippen LogP contribution in [0.3, 0.4) is 0 Å². The van der Waals surface area contributed by atoms with E-state index in [4.69, 9.17) is 4.42 Å². The average Bonchev–Trinajstić information content (AvgIpc) is 3.40. The Balaban J connectivity index is 1.66. The fraction of sp³-hybridized carbons (Fsp3) is 0.136. The van der Waals surface area contributed by atoms with E-state index in [9.17, 15) is 14.9 Å². The molecule has 4 aromatic rings. The molecule has 1 amide bonds. The van der Waals surface area contributed by atoms with E-state index in [1.54, 1.807) is 24.5 Å². The monoisotopic (exact) mass is 389 g/mol. The summed E-state index contributed by atoms with van der Waals surface area (Å²) >= 11 is 0. The van der Waals surface area contributed by atoms with Gasteiger partial charge in [-0.15, -0.1) is 0 Å². The summed E-state index contributed by atoms with van der Waals surface area (Å²) in [5.74, 6) is 0.170. The number of nitrogens with one attached hydrogen (secondary N) is 2. The molecule has 29 heavy (non-hydrogen) atoms. The van der Waals surface area contributed by atoms with Gasteiger partial charge in [0.2, 0.25) is 5.91 Å². The third-order valence-electron chi connectivity index (χ3n) is 4.91. The fourth-order valence-electron chi connectivity index (χ4n) is 3.50. The molecule has 0 aliphatic rings. The third-order valence-corrected chi connectivity index (χ3v) is 4.91. The number of rotatable bonds is 7. The topological polar surface area (TPSA) is 101 Å². The van der Waals surface area contributed by atoms with Crippen LogP contribution in [0.5, 0.6) is 0 Å². The number of nitro benzene ring substituents is 1. The van der Waals surface area contributed by atoms with E-state index >= 15 is 0 Å². The third kappa shape index (κ3) is 4.03. The molecular weight excluding hydrogens is 370 g/mol. The summed E-state index contributed by atoms with van der Waals surface area (Å²) in [5, 5.41) is 15.1. The highest BCUT2D eigenvalue weighted by Crippen LogP contribution is 2.34. The molecule has 0 radical (unpaired) electrons. The fourth-order valence-corrected chi connectivity index (χ4v) is 3.50. The molecule has 2 aromatic carbocycles. The SMILES string of the molecule is O=C(C[C@@H](c1cccc([N+](=O)[O-])c1)c1c[nH]c2ccccc12)NCc1ccco1. The second-order valence-electron chi connectivity index (χ2n) is 6.75. The second-order valence-corrected chi connectivity index (χ2v) is 6.75. The standard InChI is InChI=1S/C22H19N3O4/c26-22(24-13-17-7-4-10-29-17)12-19(15-5-3-6-16(11-15)25(27)28)20-14-23-21-9-2-1-8-18(20)21/h1-11,14,19,23H,12-13H2,(H,24,26)/t19-/m0/s1. The van der Waals surface area contributed by atoms with E-state index in [0.29, 0.717) is 12.3 Å². The van der Waals surface area contributed by atoms with Crippen LogP contribution in [0.4, 0.5) is 5.69 Å². The van der Waals surface area contributed by atoms with Gasteiger partial charge in [-0.05, 0) is 29.3 Å². The minimum absolute atomic E-state index is 0.00309. The maximum atomic E-state index is 12.7. The van der Waals surface area contributed by atoms with Crippen LogP contribution in [0.1, 0.15) is 29.2 Å². The number of nitro groups is 1. The Labute approximate surface area is 166 Å². The highest BCUT2D eigenvalue weighted by molar-refractivity contribution is 5.86. The molecule has 0 fully saturated rings. The molecule has 4 rings (SSSR count). The number of amides is 1. The van der Waals surface area contributed by atoms with Crippen molar-refractivity contribution in [2.75, 3.05) is 0 Å². The summed E-state index contributed by atoms with van der Waals surface area (Å²) in [6.07, 6.45) is 3.58. The zero-order valence-corrected chi connectivity index (χ0v) is 15.5. The quantitative estimate of drug-likeness (QED) is 0.359. The first-order chi connectivity index (χ1) is 14.1. The molecule has 0 aliphatic carbocycles. The Morgan fingerprint density at radius 3 is 2.79 bits per heavy atom. The number of H-pyrrole nitrogens is 1. The minimum Gasteiger partial charge on any atom is -0.467 e. The Morgan fingerprint density at radius 2 is 2.00 bits per heavy atom. The van der Waals surface area contributed by atoms with Crippen molar-refractivity contribution in [1.29, 1.82) is 0 Å². The van der Waals surface area contributed by atoms with Crippen molar-refractivity contribution in [3.63, 3.8) is 0 Å². The van der Waals surface area contributed by atoms with Crippen LogP contribution in [-0.4, -0.2) is 15.8 Å². The van der Waals surface area contributed by atoms with Crippen LogP contribution in [-0.2, 0) is 11.3 Å². The van der Waals surface area contributed by atoms with Crippen LogP contribution >= 0.6 is 0 Å². The van der Waals surface area contributed by atoms with Gasteiger partial charge in [-0.3, -0.25) is 14.9 Å². The molecule has 1 atom stereocenters. The summed E-state index contributed by atoms with van der Waals surface area (Å²) in [4.78, 5) is 26.7. The van der Waals surface area contributed by atoms with Gasteiger partial charge < -0.3 is 14.7 Å².